The average Bonchev–Trinajstić information content (AvgIpc) is 2.70. The lowest BCUT2D eigenvalue weighted by atomic mass is 9.70. The number of carbonyl (C=O) groups excluding carboxylic acids is 1. The molecule has 0 unspecified atom stereocenters. The molecule has 1 aromatic carbocycles. The Morgan fingerprint density at radius 3 is 2.63 bits per heavy atom. The normalized spacial score (nSPS) is 29.8. The first-order chi connectivity index (χ1) is 9.07. The zero-order chi connectivity index (χ0) is 13.6. The number of ketones is 1. The van der Waals surface area contributed by atoms with Gasteiger partial charge >= 0.3 is 0 Å². The van der Waals surface area contributed by atoms with Gasteiger partial charge in [-0.3, -0.25) is 4.79 Å². The third kappa shape index (κ3) is 1.96. The predicted octanol–water partition coefficient (Wildman–Crippen LogP) is 3.90. The van der Waals surface area contributed by atoms with Gasteiger partial charge in [0.2, 0.25) is 0 Å². The molecule has 0 amide bonds. The number of methoxy groups -OCH3 is 1. The van der Waals surface area contributed by atoms with E-state index in [1.54, 1.807) is 13.2 Å². The largest absolute Gasteiger partial charge is 0.381 e. The van der Waals surface area contributed by atoms with Crippen molar-refractivity contribution in [1.82, 2.24) is 0 Å². The number of carbonyl (C=O) groups is 1. The number of Topliss-reactive ketones (excluding diaryl/α,β-unsaturated/α-hetero) is 1. The summed E-state index contributed by atoms with van der Waals surface area (Å²) in [5.74, 6) is -0.138. The Labute approximate surface area is 120 Å². The predicted molar refractivity (Wildman–Crippen MR) is 73.8 cm³/mol. The maximum absolute atomic E-state index is 13.9. The molecule has 2 aliphatic rings. The highest BCUT2D eigenvalue weighted by molar-refractivity contribution is 9.10. The molecule has 4 heteroatoms. The molecular formula is C15H16BrFO2. The van der Waals surface area contributed by atoms with Crippen LogP contribution in [0.4, 0.5) is 4.39 Å². The van der Waals surface area contributed by atoms with Crippen molar-refractivity contribution < 1.29 is 13.9 Å². The van der Waals surface area contributed by atoms with Gasteiger partial charge < -0.3 is 4.74 Å². The molecule has 102 valence electrons. The lowest BCUT2D eigenvalue weighted by Gasteiger charge is -2.35. The van der Waals surface area contributed by atoms with Crippen molar-refractivity contribution >= 4 is 21.7 Å². The van der Waals surface area contributed by atoms with Crippen molar-refractivity contribution in [1.29, 1.82) is 0 Å². The molecule has 0 radical (unpaired) electrons. The van der Waals surface area contributed by atoms with Gasteiger partial charge in [-0.05, 0) is 44.2 Å². The Balaban J connectivity index is 1.96. The Hall–Kier alpha value is -0.740. The molecule has 1 spiro atoms. The highest BCUT2D eigenvalue weighted by atomic mass is 79.9. The SMILES string of the molecule is CO[C@H]1CC[C@]2(CC1)Cc1c(F)ccc(Br)c1C2=O. The van der Waals surface area contributed by atoms with Gasteiger partial charge in [0.1, 0.15) is 5.82 Å². The van der Waals surface area contributed by atoms with Crippen LogP contribution in [0.1, 0.15) is 41.6 Å². The van der Waals surface area contributed by atoms with Crippen LogP contribution in [-0.2, 0) is 11.2 Å². The molecular weight excluding hydrogens is 311 g/mol. The summed E-state index contributed by atoms with van der Waals surface area (Å²) in [5, 5.41) is 0. The summed E-state index contributed by atoms with van der Waals surface area (Å²) >= 11 is 3.39. The standard InChI is InChI=1S/C15H16BrFO2/c1-19-9-4-6-15(7-5-9)8-10-12(17)3-2-11(16)13(10)14(15)18/h2-3,9H,4-8H2,1H3/t9-,15-. The monoisotopic (exact) mass is 326 g/mol. The third-order valence-corrected chi connectivity index (χ3v) is 5.31. The number of benzene rings is 1. The van der Waals surface area contributed by atoms with Gasteiger partial charge in [-0.15, -0.1) is 0 Å². The van der Waals surface area contributed by atoms with E-state index in [1.807, 2.05) is 0 Å². The molecule has 0 atom stereocenters. The van der Waals surface area contributed by atoms with Crippen molar-refractivity contribution in [3.8, 4) is 0 Å². The topological polar surface area (TPSA) is 26.3 Å². The quantitative estimate of drug-likeness (QED) is 0.782. The van der Waals surface area contributed by atoms with Gasteiger partial charge in [-0.25, -0.2) is 4.39 Å². The number of hydrogen-bond acceptors (Lipinski definition) is 2. The first-order valence-corrected chi connectivity index (χ1v) is 7.41. The first kappa shape index (κ1) is 13.3. The fourth-order valence-corrected chi connectivity index (χ4v) is 4.03. The summed E-state index contributed by atoms with van der Waals surface area (Å²) in [5.41, 5.74) is 0.772. The summed E-state index contributed by atoms with van der Waals surface area (Å²) in [6, 6.07) is 3.07. The molecule has 0 aromatic heterocycles. The third-order valence-electron chi connectivity index (χ3n) is 4.65. The molecule has 19 heavy (non-hydrogen) atoms. The first-order valence-electron chi connectivity index (χ1n) is 6.62. The van der Waals surface area contributed by atoms with Crippen molar-refractivity contribution in [2.45, 2.75) is 38.2 Å². The van der Waals surface area contributed by atoms with Crippen molar-refractivity contribution in [3.63, 3.8) is 0 Å². The van der Waals surface area contributed by atoms with Crippen LogP contribution in [0.2, 0.25) is 0 Å². The van der Waals surface area contributed by atoms with E-state index in [0.717, 1.165) is 30.2 Å². The van der Waals surface area contributed by atoms with Gasteiger partial charge in [0.25, 0.3) is 0 Å². The van der Waals surface area contributed by atoms with Gasteiger partial charge in [-0.1, -0.05) is 15.9 Å². The maximum atomic E-state index is 13.9. The van der Waals surface area contributed by atoms with E-state index < -0.39 is 0 Å². The number of ether oxygens (including phenoxy) is 1. The molecule has 0 heterocycles. The highest BCUT2D eigenvalue weighted by Gasteiger charge is 2.49. The van der Waals surface area contributed by atoms with Crippen LogP contribution in [-0.4, -0.2) is 19.0 Å². The van der Waals surface area contributed by atoms with Gasteiger partial charge in [-0.2, -0.15) is 0 Å². The molecule has 0 saturated heterocycles. The fraction of sp³-hybridized carbons (Fsp3) is 0.533. The van der Waals surface area contributed by atoms with Crippen molar-refractivity contribution in [2.24, 2.45) is 5.41 Å². The number of fused-ring (bicyclic) bond motifs is 1. The van der Waals surface area contributed by atoms with Crippen LogP contribution in [0.25, 0.3) is 0 Å². The van der Waals surface area contributed by atoms with Crippen LogP contribution in [0.5, 0.6) is 0 Å². The lowest BCUT2D eigenvalue weighted by Crippen LogP contribution is -2.35. The number of rotatable bonds is 1. The minimum absolute atomic E-state index is 0.114. The highest BCUT2D eigenvalue weighted by Crippen LogP contribution is 2.49. The Bertz CT molecular complexity index is 533. The second-order valence-corrected chi connectivity index (χ2v) is 6.46. The summed E-state index contributed by atoms with van der Waals surface area (Å²) < 4.78 is 20.0. The molecule has 1 aromatic rings. The van der Waals surface area contributed by atoms with Crippen molar-refractivity contribution in [2.75, 3.05) is 7.11 Å². The molecule has 0 N–H and O–H groups in total. The van der Waals surface area contributed by atoms with Gasteiger partial charge in [0.05, 0.1) is 6.10 Å². The van der Waals surface area contributed by atoms with E-state index in [0.29, 0.717) is 17.5 Å². The van der Waals surface area contributed by atoms with Gasteiger partial charge in [0.15, 0.2) is 5.78 Å². The molecule has 0 bridgehead atoms. The Kier molecular flexibility index (Phi) is 3.26. The smallest absolute Gasteiger partial charge is 0.170 e. The van der Waals surface area contributed by atoms with E-state index in [-0.39, 0.29) is 23.1 Å². The van der Waals surface area contributed by atoms with Crippen LogP contribution in [0.3, 0.4) is 0 Å². The molecule has 1 saturated carbocycles. The second kappa shape index (κ2) is 4.67. The van der Waals surface area contributed by atoms with E-state index in [4.69, 9.17) is 4.74 Å². The average molecular weight is 327 g/mol. The zero-order valence-corrected chi connectivity index (χ0v) is 12.4. The summed E-state index contributed by atoms with van der Waals surface area (Å²) in [7, 11) is 1.71. The zero-order valence-electron chi connectivity index (χ0n) is 10.8. The van der Waals surface area contributed by atoms with Crippen molar-refractivity contribution in [3.05, 3.63) is 33.5 Å². The van der Waals surface area contributed by atoms with Gasteiger partial charge in [0, 0.05) is 28.1 Å². The number of halogens is 2. The van der Waals surface area contributed by atoms with E-state index in [2.05, 4.69) is 15.9 Å². The summed E-state index contributed by atoms with van der Waals surface area (Å²) in [4.78, 5) is 12.7. The van der Waals surface area contributed by atoms with E-state index in [1.165, 1.54) is 6.07 Å². The molecule has 2 nitrogen and oxygen atoms in total. The van der Waals surface area contributed by atoms with Crippen LogP contribution in [0.15, 0.2) is 16.6 Å². The lowest BCUT2D eigenvalue weighted by molar-refractivity contribution is 0.0284. The second-order valence-electron chi connectivity index (χ2n) is 5.60. The minimum Gasteiger partial charge on any atom is -0.381 e. The van der Waals surface area contributed by atoms with Crippen LogP contribution >= 0.6 is 15.9 Å². The van der Waals surface area contributed by atoms with E-state index in [9.17, 15) is 9.18 Å². The maximum Gasteiger partial charge on any atom is 0.170 e. The number of hydrogen-bond donors (Lipinski definition) is 0. The van der Waals surface area contributed by atoms with E-state index >= 15 is 0 Å². The molecule has 2 aliphatic carbocycles. The Morgan fingerprint density at radius 1 is 1.37 bits per heavy atom. The fourth-order valence-electron chi connectivity index (χ4n) is 3.48. The molecule has 3 rings (SSSR count). The van der Waals surface area contributed by atoms with Crippen LogP contribution < -0.4 is 0 Å². The summed E-state index contributed by atoms with van der Waals surface area (Å²) in [6.45, 7) is 0. The molecule has 1 fully saturated rings. The molecule has 0 aliphatic heterocycles. The van der Waals surface area contributed by atoms with Crippen LogP contribution in [0, 0.1) is 11.2 Å². The minimum atomic E-state index is -0.387. The summed E-state index contributed by atoms with van der Waals surface area (Å²) in [6.07, 6.45) is 4.15. The Morgan fingerprint density at radius 2 is 2.05 bits per heavy atom.